The molecule has 0 aliphatic carbocycles. The van der Waals surface area contributed by atoms with Crippen molar-refractivity contribution in [1.29, 1.82) is 0 Å². The molecule has 0 bridgehead atoms. The van der Waals surface area contributed by atoms with Crippen LogP contribution in [0.4, 0.5) is 0 Å². The maximum atomic E-state index is 12.1. The predicted molar refractivity (Wildman–Crippen MR) is 73.3 cm³/mol. The van der Waals surface area contributed by atoms with E-state index in [-0.39, 0.29) is 5.78 Å². The number of carboxylic acids is 1. The first-order valence-corrected chi connectivity index (χ1v) is 6.63. The number of hydrogen-bond acceptors (Lipinski definition) is 6. The molecule has 0 aromatic heterocycles. The molecule has 0 fully saturated rings. The molecule has 0 rings (SSSR count). The second kappa shape index (κ2) is 9.85. The number of Topliss-reactive ketones (excluding diaryl/α,β-unsaturated/α-hetero) is 1. The summed E-state index contributed by atoms with van der Waals surface area (Å²) in [4.78, 5) is 23.1. The van der Waals surface area contributed by atoms with E-state index in [1.807, 2.05) is 0 Å². The van der Waals surface area contributed by atoms with Crippen LogP contribution in [0.2, 0.25) is 0 Å². The van der Waals surface area contributed by atoms with Crippen LogP contribution >= 0.6 is 0 Å². The van der Waals surface area contributed by atoms with Gasteiger partial charge >= 0.3 is 5.97 Å². The summed E-state index contributed by atoms with van der Waals surface area (Å²) in [7, 11) is 0. The molecule has 3 atom stereocenters. The van der Waals surface area contributed by atoms with Gasteiger partial charge in [0.1, 0.15) is 6.04 Å². The molecule has 9 N–H and O–H groups in total. The zero-order valence-electron chi connectivity index (χ0n) is 11.3. The first-order chi connectivity index (χ1) is 8.95. The first kappa shape index (κ1) is 18.0. The molecule has 7 nitrogen and oxygen atoms in total. The van der Waals surface area contributed by atoms with E-state index in [4.69, 9.17) is 28.0 Å². The summed E-state index contributed by atoms with van der Waals surface area (Å²) >= 11 is 0. The van der Waals surface area contributed by atoms with Gasteiger partial charge in [-0.3, -0.25) is 9.59 Å². The van der Waals surface area contributed by atoms with Crippen molar-refractivity contribution in [2.24, 2.45) is 28.9 Å². The number of aliphatic carboxylic acids is 1. The van der Waals surface area contributed by atoms with Gasteiger partial charge in [-0.15, -0.1) is 0 Å². The highest BCUT2D eigenvalue weighted by atomic mass is 16.4. The summed E-state index contributed by atoms with van der Waals surface area (Å²) in [6, 6.07) is -1.90. The van der Waals surface area contributed by atoms with E-state index in [0.29, 0.717) is 32.4 Å². The molecule has 19 heavy (non-hydrogen) atoms. The summed E-state index contributed by atoms with van der Waals surface area (Å²) in [6.45, 7) is 0.935. The summed E-state index contributed by atoms with van der Waals surface area (Å²) in [5.41, 5.74) is 22.1. The van der Waals surface area contributed by atoms with Crippen molar-refractivity contribution in [1.82, 2.24) is 0 Å². The van der Waals surface area contributed by atoms with Crippen LogP contribution in [0.5, 0.6) is 0 Å². The van der Waals surface area contributed by atoms with Crippen LogP contribution in [0, 0.1) is 5.92 Å². The fraction of sp³-hybridized carbons (Fsp3) is 0.833. The maximum absolute atomic E-state index is 12.1. The van der Waals surface area contributed by atoms with Crippen LogP contribution in [0.15, 0.2) is 0 Å². The van der Waals surface area contributed by atoms with E-state index < -0.39 is 24.0 Å². The molecule has 0 aromatic carbocycles. The minimum atomic E-state index is -1.22. The second-order valence-corrected chi connectivity index (χ2v) is 4.69. The zero-order chi connectivity index (χ0) is 14.8. The summed E-state index contributed by atoms with van der Waals surface area (Å²) in [5, 5.41) is 8.93. The summed E-state index contributed by atoms with van der Waals surface area (Å²) in [6.07, 6.45) is 2.94. The minimum absolute atomic E-state index is 0.291. The van der Waals surface area contributed by atoms with E-state index in [9.17, 15) is 9.59 Å². The minimum Gasteiger partial charge on any atom is -0.480 e. The lowest BCUT2D eigenvalue weighted by molar-refractivity contribution is -0.143. The van der Waals surface area contributed by atoms with Crippen LogP contribution in [0.3, 0.4) is 0 Å². The fourth-order valence-corrected chi connectivity index (χ4v) is 1.93. The van der Waals surface area contributed by atoms with Crippen molar-refractivity contribution in [2.75, 3.05) is 13.1 Å². The molecule has 112 valence electrons. The van der Waals surface area contributed by atoms with Gasteiger partial charge in [-0.1, -0.05) is 6.42 Å². The van der Waals surface area contributed by atoms with Gasteiger partial charge in [-0.05, 0) is 38.8 Å². The average molecular weight is 274 g/mol. The molecule has 0 spiro atoms. The van der Waals surface area contributed by atoms with Crippen molar-refractivity contribution in [2.45, 2.75) is 44.2 Å². The van der Waals surface area contributed by atoms with Crippen molar-refractivity contribution in [3.05, 3.63) is 0 Å². The quantitative estimate of drug-likeness (QED) is 0.295. The third kappa shape index (κ3) is 6.63. The molecule has 0 radical (unpaired) electrons. The van der Waals surface area contributed by atoms with Crippen LogP contribution < -0.4 is 22.9 Å². The molecule has 0 aliphatic heterocycles. The van der Waals surface area contributed by atoms with Crippen LogP contribution in [0.1, 0.15) is 32.1 Å². The Morgan fingerprint density at radius 2 is 1.53 bits per heavy atom. The number of rotatable bonds is 11. The topological polar surface area (TPSA) is 158 Å². The van der Waals surface area contributed by atoms with Gasteiger partial charge in [0, 0.05) is 5.92 Å². The van der Waals surface area contributed by atoms with E-state index >= 15 is 0 Å². The van der Waals surface area contributed by atoms with Crippen LogP contribution in [-0.4, -0.2) is 42.0 Å². The standard InChI is InChI=1S/C12H26N4O3/c13-6-2-1-5-9(15)11(17)8(4-3-7-14)10(16)12(18)19/h8-10H,1-7,13-16H2,(H,18,19)/t8?,9-,10-/m0/s1. The van der Waals surface area contributed by atoms with Gasteiger partial charge in [0.2, 0.25) is 0 Å². The molecule has 0 saturated heterocycles. The number of carbonyl (C=O) groups is 2. The molecular weight excluding hydrogens is 248 g/mol. The largest absolute Gasteiger partial charge is 0.480 e. The number of carboxylic acid groups (broad SMARTS) is 1. The lowest BCUT2D eigenvalue weighted by Gasteiger charge is -2.22. The Morgan fingerprint density at radius 1 is 0.947 bits per heavy atom. The third-order valence-electron chi connectivity index (χ3n) is 3.14. The second-order valence-electron chi connectivity index (χ2n) is 4.69. The number of nitrogens with two attached hydrogens (primary N) is 4. The van der Waals surface area contributed by atoms with E-state index in [1.165, 1.54) is 0 Å². The highest BCUT2D eigenvalue weighted by Crippen LogP contribution is 2.15. The molecule has 0 amide bonds. The van der Waals surface area contributed by atoms with Crippen LogP contribution in [0.25, 0.3) is 0 Å². The van der Waals surface area contributed by atoms with Gasteiger partial charge in [-0.2, -0.15) is 0 Å². The predicted octanol–water partition coefficient (Wildman–Crippen LogP) is -1.22. The van der Waals surface area contributed by atoms with E-state index in [2.05, 4.69) is 0 Å². The molecular formula is C12H26N4O3. The first-order valence-electron chi connectivity index (χ1n) is 6.63. The van der Waals surface area contributed by atoms with Crippen molar-refractivity contribution in [3.63, 3.8) is 0 Å². The van der Waals surface area contributed by atoms with E-state index in [1.54, 1.807) is 0 Å². The fourth-order valence-electron chi connectivity index (χ4n) is 1.93. The van der Waals surface area contributed by atoms with Gasteiger partial charge in [0.05, 0.1) is 6.04 Å². The summed E-state index contributed by atoms with van der Waals surface area (Å²) in [5.74, 6) is -2.25. The third-order valence-corrected chi connectivity index (χ3v) is 3.14. The van der Waals surface area contributed by atoms with Crippen LogP contribution in [-0.2, 0) is 9.59 Å². The Labute approximate surface area is 113 Å². The molecule has 0 aliphatic rings. The lowest BCUT2D eigenvalue weighted by atomic mass is 9.86. The normalized spacial score (nSPS) is 15.8. The molecule has 0 aromatic rings. The number of ketones is 1. The zero-order valence-corrected chi connectivity index (χ0v) is 11.3. The number of carbonyl (C=O) groups excluding carboxylic acids is 1. The van der Waals surface area contributed by atoms with Gasteiger partial charge < -0.3 is 28.0 Å². The number of hydrogen-bond donors (Lipinski definition) is 5. The molecule has 0 heterocycles. The Kier molecular flexibility index (Phi) is 9.32. The Morgan fingerprint density at radius 3 is 2.00 bits per heavy atom. The lowest BCUT2D eigenvalue weighted by Crippen LogP contribution is -2.47. The smallest absolute Gasteiger partial charge is 0.321 e. The SMILES string of the molecule is NCCCC[C@H](N)C(=O)C(CCCN)[C@H](N)C(=O)O. The average Bonchev–Trinajstić information content (AvgIpc) is 2.38. The van der Waals surface area contributed by atoms with Gasteiger partial charge in [0.15, 0.2) is 5.78 Å². The Hall–Kier alpha value is -1.02. The Bertz CT molecular complexity index is 286. The van der Waals surface area contributed by atoms with Crippen molar-refractivity contribution < 1.29 is 14.7 Å². The van der Waals surface area contributed by atoms with Gasteiger partial charge in [0.25, 0.3) is 0 Å². The maximum Gasteiger partial charge on any atom is 0.321 e. The molecule has 1 unspecified atom stereocenters. The highest BCUT2D eigenvalue weighted by molar-refractivity contribution is 5.91. The van der Waals surface area contributed by atoms with Crippen molar-refractivity contribution >= 4 is 11.8 Å². The summed E-state index contributed by atoms with van der Waals surface area (Å²) < 4.78 is 0. The molecule has 0 saturated carbocycles. The number of unbranched alkanes of at least 4 members (excludes halogenated alkanes) is 1. The highest BCUT2D eigenvalue weighted by Gasteiger charge is 2.32. The molecule has 7 heteroatoms. The van der Waals surface area contributed by atoms with Crippen molar-refractivity contribution in [3.8, 4) is 0 Å². The van der Waals surface area contributed by atoms with Gasteiger partial charge in [-0.25, -0.2) is 0 Å². The Balaban J connectivity index is 4.55. The monoisotopic (exact) mass is 274 g/mol. The van der Waals surface area contributed by atoms with E-state index in [0.717, 1.165) is 12.8 Å².